The minimum absolute atomic E-state index is 0.227. The third kappa shape index (κ3) is 2.67. The summed E-state index contributed by atoms with van der Waals surface area (Å²) in [5.41, 5.74) is 5.07. The highest BCUT2D eigenvalue weighted by Crippen LogP contribution is 2.48. The molecule has 1 aliphatic carbocycles. The molecule has 2 fully saturated rings. The lowest BCUT2D eigenvalue weighted by Gasteiger charge is -2.25. The third-order valence-electron chi connectivity index (χ3n) is 6.36. The van der Waals surface area contributed by atoms with Crippen molar-refractivity contribution in [3.05, 3.63) is 65.0 Å². The Morgan fingerprint density at radius 2 is 1.82 bits per heavy atom. The third-order valence-corrected chi connectivity index (χ3v) is 6.36. The Kier molecular flexibility index (Phi) is 3.90. The van der Waals surface area contributed by atoms with Crippen LogP contribution in [-0.2, 0) is 0 Å². The molecule has 1 N–H and O–H groups in total. The zero-order valence-corrected chi connectivity index (χ0v) is 16.1. The van der Waals surface area contributed by atoms with Crippen LogP contribution in [0, 0.1) is 31.5 Å². The van der Waals surface area contributed by atoms with Gasteiger partial charge in [-0.1, -0.05) is 24.3 Å². The number of anilines is 3. The van der Waals surface area contributed by atoms with E-state index in [0.29, 0.717) is 5.56 Å². The van der Waals surface area contributed by atoms with Gasteiger partial charge < -0.3 is 10.2 Å². The number of rotatable bonds is 4. The number of halogens is 1. The van der Waals surface area contributed by atoms with Crippen LogP contribution in [0.5, 0.6) is 0 Å². The van der Waals surface area contributed by atoms with Gasteiger partial charge in [-0.15, -0.1) is 0 Å². The Hall–Kier alpha value is -2.88. The summed E-state index contributed by atoms with van der Waals surface area (Å²) in [6.07, 6.45) is 2.30. The molecule has 1 heterocycles. The number of nitrogens with zero attached hydrogens (tertiary/aromatic N) is 1. The first-order valence-corrected chi connectivity index (χ1v) is 9.85. The van der Waals surface area contributed by atoms with E-state index in [1.165, 1.54) is 12.5 Å². The Balaban J connectivity index is 1.70. The molecule has 4 heteroatoms. The van der Waals surface area contributed by atoms with Crippen molar-refractivity contribution in [2.45, 2.75) is 20.3 Å². The van der Waals surface area contributed by atoms with Crippen LogP contribution in [0.1, 0.15) is 27.9 Å². The number of hydrogen-bond donors (Lipinski definition) is 1. The minimum atomic E-state index is -0.227. The van der Waals surface area contributed by atoms with Crippen molar-refractivity contribution >= 4 is 34.1 Å². The molecule has 3 aromatic rings. The predicted molar refractivity (Wildman–Crippen MR) is 112 cm³/mol. The van der Waals surface area contributed by atoms with Gasteiger partial charge in [0.25, 0.3) is 0 Å². The summed E-state index contributed by atoms with van der Waals surface area (Å²) in [6.45, 7) is 5.85. The van der Waals surface area contributed by atoms with Crippen LogP contribution in [0.3, 0.4) is 0 Å². The van der Waals surface area contributed by atoms with Gasteiger partial charge in [-0.05, 0) is 61.3 Å². The molecule has 0 aromatic heterocycles. The zero-order chi connectivity index (χ0) is 19.4. The largest absolute Gasteiger partial charge is 0.370 e. The molecule has 2 aliphatic rings. The van der Waals surface area contributed by atoms with Gasteiger partial charge in [-0.2, -0.15) is 0 Å². The van der Waals surface area contributed by atoms with Gasteiger partial charge >= 0.3 is 0 Å². The lowest BCUT2D eigenvalue weighted by Crippen LogP contribution is -2.23. The van der Waals surface area contributed by atoms with Crippen molar-refractivity contribution in [1.29, 1.82) is 0 Å². The highest BCUT2D eigenvalue weighted by Gasteiger charge is 2.45. The minimum Gasteiger partial charge on any atom is -0.370 e. The summed E-state index contributed by atoms with van der Waals surface area (Å²) in [7, 11) is 0. The number of benzene rings is 3. The summed E-state index contributed by atoms with van der Waals surface area (Å²) < 4.78 is 14.1. The van der Waals surface area contributed by atoms with Gasteiger partial charge in [-0.3, -0.25) is 4.79 Å². The van der Waals surface area contributed by atoms with Crippen LogP contribution in [0.25, 0.3) is 10.8 Å². The maximum atomic E-state index is 14.1. The highest BCUT2D eigenvalue weighted by atomic mass is 19.1. The molecule has 1 aliphatic heterocycles. The van der Waals surface area contributed by atoms with Gasteiger partial charge in [0.2, 0.25) is 0 Å². The molecule has 142 valence electrons. The van der Waals surface area contributed by atoms with Crippen molar-refractivity contribution in [3.63, 3.8) is 0 Å². The van der Waals surface area contributed by atoms with Crippen LogP contribution >= 0.6 is 0 Å². The molecule has 28 heavy (non-hydrogen) atoms. The molecule has 1 saturated carbocycles. The average Bonchev–Trinajstić information content (AvgIpc) is 3.30. The summed E-state index contributed by atoms with van der Waals surface area (Å²) in [5, 5.41) is 5.40. The summed E-state index contributed by atoms with van der Waals surface area (Å²) in [6, 6.07) is 13.2. The molecule has 1 saturated heterocycles. The number of aryl methyl sites for hydroxylation is 1. The standard InChI is InChI=1S/C24H23FN2O/c1-14-5-3-6-18-22(26-21-8-4-7-20(25)15(21)2)10-23(19(13-28)24(14)18)27-11-16-9-17(16)12-27/h3-8,10,13,16-17,26H,9,11-12H2,1-2H3. The van der Waals surface area contributed by atoms with E-state index in [1.807, 2.05) is 31.2 Å². The van der Waals surface area contributed by atoms with Crippen LogP contribution in [0.15, 0.2) is 42.5 Å². The van der Waals surface area contributed by atoms with Gasteiger partial charge in [0.1, 0.15) is 5.82 Å². The molecule has 3 nitrogen and oxygen atoms in total. The average molecular weight is 374 g/mol. The first-order valence-electron chi connectivity index (χ1n) is 9.85. The first-order chi connectivity index (χ1) is 13.6. The maximum Gasteiger partial charge on any atom is 0.152 e. The van der Waals surface area contributed by atoms with E-state index in [9.17, 15) is 9.18 Å². The second-order valence-electron chi connectivity index (χ2n) is 8.17. The van der Waals surface area contributed by atoms with Crippen molar-refractivity contribution in [2.24, 2.45) is 11.8 Å². The van der Waals surface area contributed by atoms with Crippen molar-refractivity contribution < 1.29 is 9.18 Å². The number of carbonyl (C=O) groups excluding carboxylic acids is 1. The fraction of sp³-hybridized carbons (Fsp3) is 0.292. The number of carbonyl (C=O) groups is 1. The summed E-state index contributed by atoms with van der Waals surface area (Å²) in [5.74, 6) is 1.32. The van der Waals surface area contributed by atoms with Gasteiger partial charge in [0.05, 0.1) is 5.69 Å². The van der Waals surface area contributed by atoms with E-state index in [0.717, 1.165) is 70.2 Å². The Morgan fingerprint density at radius 1 is 1.07 bits per heavy atom. The smallest absolute Gasteiger partial charge is 0.152 e. The monoisotopic (exact) mass is 374 g/mol. The van der Waals surface area contributed by atoms with Crippen molar-refractivity contribution in [3.8, 4) is 0 Å². The molecule has 2 atom stereocenters. The van der Waals surface area contributed by atoms with Crippen LogP contribution in [0.2, 0.25) is 0 Å². The topological polar surface area (TPSA) is 32.3 Å². The van der Waals surface area contributed by atoms with E-state index in [1.54, 1.807) is 13.0 Å². The maximum absolute atomic E-state index is 14.1. The Bertz CT molecular complexity index is 1100. The summed E-state index contributed by atoms with van der Waals surface area (Å²) >= 11 is 0. The predicted octanol–water partition coefficient (Wildman–Crippen LogP) is 5.61. The van der Waals surface area contributed by atoms with E-state index < -0.39 is 0 Å². The molecule has 3 aromatic carbocycles. The van der Waals surface area contributed by atoms with Gasteiger partial charge in [0.15, 0.2) is 6.29 Å². The SMILES string of the molecule is Cc1c(F)cccc1Nc1cc(N2CC3CC3C2)c(C=O)c2c(C)cccc12. The van der Waals surface area contributed by atoms with E-state index in [-0.39, 0.29) is 5.82 Å². The molecule has 5 rings (SSSR count). The molecule has 2 unspecified atom stereocenters. The summed E-state index contributed by atoms with van der Waals surface area (Å²) in [4.78, 5) is 14.5. The molecule has 0 radical (unpaired) electrons. The molecular formula is C24H23FN2O. The van der Waals surface area contributed by atoms with Crippen molar-refractivity contribution in [1.82, 2.24) is 0 Å². The fourth-order valence-electron chi connectivity index (χ4n) is 4.64. The second kappa shape index (κ2) is 6.33. The number of fused-ring (bicyclic) bond motifs is 2. The Labute approximate surface area is 164 Å². The van der Waals surface area contributed by atoms with E-state index >= 15 is 0 Å². The first kappa shape index (κ1) is 17.2. The van der Waals surface area contributed by atoms with Gasteiger partial charge in [-0.25, -0.2) is 4.39 Å². The zero-order valence-electron chi connectivity index (χ0n) is 16.1. The molecule has 0 amide bonds. The van der Waals surface area contributed by atoms with Gasteiger partial charge in [0, 0.05) is 41.0 Å². The fourth-order valence-corrected chi connectivity index (χ4v) is 4.64. The molecule has 0 bridgehead atoms. The Morgan fingerprint density at radius 3 is 2.57 bits per heavy atom. The van der Waals surface area contributed by atoms with Crippen LogP contribution in [0.4, 0.5) is 21.5 Å². The lowest BCUT2D eigenvalue weighted by atomic mass is 9.96. The molecular weight excluding hydrogens is 351 g/mol. The lowest BCUT2D eigenvalue weighted by molar-refractivity contribution is 0.112. The van der Waals surface area contributed by atoms with E-state index in [2.05, 4.69) is 16.3 Å². The van der Waals surface area contributed by atoms with E-state index in [4.69, 9.17) is 0 Å². The number of aldehydes is 1. The number of nitrogens with one attached hydrogen (secondary N) is 1. The number of hydrogen-bond acceptors (Lipinski definition) is 3. The molecule has 0 spiro atoms. The van der Waals surface area contributed by atoms with Crippen molar-refractivity contribution in [2.75, 3.05) is 23.3 Å². The highest BCUT2D eigenvalue weighted by molar-refractivity contribution is 6.11. The number of piperidine rings is 1. The van der Waals surface area contributed by atoms with Crippen LogP contribution in [-0.4, -0.2) is 19.4 Å². The second-order valence-corrected chi connectivity index (χ2v) is 8.17. The van der Waals surface area contributed by atoms with Crippen LogP contribution < -0.4 is 10.2 Å². The normalized spacial score (nSPS) is 20.3. The quantitative estimate of drug-likeness (QED) is 0.603.